The summed E-state index contributed by atoms with van der Waals surface area (Å²) in [5.41, 5.74) is 4.46. The number of carbonyl (C=O) groups is 1. The highest BCUT2D eigenvalue weighted by molar-refractivity contribution is 5.94. The first kappa shape index (κ1) is 18.8. The average molecular weight is 382 g/mol. The molecule has 0 radical (unpaired) electrons. The molecule has 1 aliphatic carbocycles. The minimum atomic E-state index is -0.652. The van der Waals surface area contributed by atoms with Crippen molar-refractivity contribution in [3.63, 3.8) is 0 Å². The van der Waals surface area contributed by atoms with Gasteiger partial charge in [0.2, 0.25) is 0 Å². The maximum atomic E-state index is 14.1. The van der Waals surface area contributed by atoms with Crippen LogP contribution in [0.25, 0.3) is 11.3 Å². The summed E-state index contributed by atoms with van der Waals surface area (Å²) in [6.07, 6.45) is 0.950. The van der Waals surface area contributed by atoms with Crippen LogP contribution < -0.4 is 0 Å². The number of halogens is 1. The molecule has 0 unspecified atom stereocenters. The second-order valence-corrected chi connectivity index (χ2v) is 7.69. The molecule has 0 spiro atoms. The number of benzene rings is 2. The van der Waals surface area contributed by atoms with Crippen LogP contribution in [0.3, 0.4) is 0 Å². The Morgan fingerprint density at radius 2 is 1.93 bits per heavy atom. The summed E-state index contributed by atoms with van der Waals surface area (Å²) >= 11 is 0. The van der Waals surface area contributed by atoms with E-state index >= 15 is 0 Å². The zero-order valence-corrected chi connectivity index (χ0v) is 16.3. The third-order valence-electron chi connectivity index (χ3n) is 5.06. The minimum Gasteiger partial charge on any atom is -0.426 e. The Hall–Kier alpha value is -2.50. The number of rotatable bonds is 3. The third-order valence-corrected chi connectivity index (χ3v) is 5.06. The van der Waals surface area contributed by atoms with Gasteiger partial charge in [-0.2, -0.15) is 0 Å². The fourth-order valence-corrected chi connectivity index (χ4v) is 3.93. The fourth-order valence-electron chi connectivity index (χ4n) is 3.93. The first-order chi connectivity index (χ1) is 13.3. The Kier molecular flexibility index (Phi) is 4.81. The van der Waals surface area contributed by atoms with E-state index in [-0.39, 0.29) is 11.9 Å². The smallest absolute Gasteiger partial charge is 0.308 e. The Morgan fingerprint density at radius 1 is 1.18 bits per heavy atom. The van der Waals surface area contributed by atoms with E-state index in [1.54, 1.807) is 6.07 Å². The van der Waals surface area contributed by atoms with Crippen molar-refractivity contribution in [1.82, 2.24) is 0 Å². The molecule has 2 aromatic rings. The van der Waals surface area contributed by atoms with Gasteiger partial charge in [-0.05, 0) is 49.1 Å². The van der Waals surface area contributed by atoms with Crippen molar-refractivity contribution in [2.45, 2.75) is 45.5 Å². The Labute approximate surface area is 163 Å². The lowest BCUT2D eigenvalue weighted by atomic mass is 9.94. The monoisotopic (exact) mass is 382 g/mol. The van der Waals surface area contributed by atoms with E-state index in [0.717, 1.165) is 22.3 Å². The van der Waals surface area contributed by atoms with Crippen molar-refractivity contribution in [2.75, 3.05) is 6.61 Å². The third kappa shape index (κ3) is 3.73. The normalized spacial score (nSPS) is 20.4. The van der Waals surface area contributed by atoms with Crippen molar-refractivity contribution < 1.29 is 23.4 Å². The standard InChI is InChI=1S/C23H23FO4/c1-14(25)27-22-20-11-17(24)9-8-16(20)10-15-6-4-5-7-19(15)21(22)12-18-13-26-23(2,3)28-18/h4-9,11,18H,10,12-13H2,1-3H3/t18-/m1/s1. The van der Waals surface area contributed by atoms with Crippen LogP contribution in [0.15, 0.2) is 42.5 Å². The summed E-state index contributed by atoms with van der Waals surface area (Å²) in [6.45, 7) is 5.56. The van der Waals surface area contributed by atoms with Crippen LogP contribution >= 0.6 is 0 Å². The van der Waals surface area contributed by atoms with Gasteiger partial charge < -0.3 is 14.2 Å². The summed E-state index contributed by atoms with van der Waals surface area (Å²) < 4.78 is 31.5. The van der Waals surface area contributed by atoms with Crippen LogP contribution in [0.1, 0.15) is 49.4 Å². The lowest BCUT2D eigenvalue weighted by Crippen LogP contribution is -2.21. The minimum absolute atomic E-state index is 0.182. The molecule has 0 saturated carbocycles. The van der Waals surface area contributed by atoms with Crippen LogP contribution in [0.5, 0.6) is 0 Å². The SMILES string of the molecule is CC(=O)OC1=C(C[C@@H]2COC(C)(C)O2)c2ccccc2Cc2ccc(F)cc21. The van der Waals surface area contributed by atoms with Gasteiger partial charge in [0.05, 0.1) is 12.7 Å². The van der Waals surface area contributed by atoms with Crippen LogP contribution in [0, 0.1) is 5.82 Å². The lowest BCUT2D eigenvalue weighted by molar-refractivity contribution is -0.138. The highest BCUT2D eigenvalue weighted by Crippen LogP contribution is 2.40. The number of carbonyl (C=O) groups excluding carboxylic acids is 1. The quantitative estimate of drug-likeness (QED) is 0.722. The molecule has 146 valence electrons. The van der Waals surface area contributed by atoms with Gasteiger partial charge in [0.25, 0.3) is 0 Å². The van der Waals surface area contributed by atoms with Crippen LogP contribution in [0.4, 0.5) is 4.39 Å². The number of esters is 1. The van der Waals surface area contributed by atoms with Gasteiger partial charge in [0.15, 0.2) is 5.79 Å². The molecule has 1 atom stereocenters. The Morgan fingerprint density at radius 3 is 2.64 bits per heavy atom. The van der Waals surface area contributed by atoms with E-state index in [2.05, 4.69) is 6.07 Å². The van der Waals surface area contributed by atoms with E-state index in [1.165, 1.54) is 19.1 Å². The molecular formula is C23H23FO4. The lowest BCUT2D eigenvalue weighted by Gasteiger charge is -2.20. The van der Waals surface area contributed by atoms with Gasteiger partial charge >= 0.3 is 5.97 Å². The summed E-state index contributed by atoms with van der Waals surface area (Å²) in [4.78, 5) is 11.9. The summed E-state index contributed by atoms with van der Waals surface area (Å²) in [7, 11) is 0. The predicted molar refractivity (Wildman–Crippen MR) is 104 cm³/mol. The fraction of sp³-hybridized carbons (Fsp3) is 0.348. The molecule has 1 saturated heterocycles. The van der Waals surface area contributed by atoms with Crippen LogP contribution in [-0.4, -0.2) is 24.5 Å². The van der Waals surface area contributed by atoms with Crippen LogP contribution in [0.2, 0.25) is 0 Å². The van der Waals surface area contributed by atoms with Gasteiger partial charge in [0.1, 0.15) is 11.6 Å². The topological polar surface area (TPSA) is 44.8 Å². The molecule has 0 N–H and O–H groups in total. The van der Waals surface area contributed by atoms with Gasteiger partial charge in [-0.15, -0.1) is 0 Å². The maximum absolute atomic E-state index is 14.1. The van der Waals surface area contributed by atoms with Gasteiger partial charge in [0, 0.05) is 24.5 Å². The first-order valence-electron chi connectivity index (χ1n) is 9.43. The van der Waals surface area contributed by atoms with Crippen LogP contribution in [-0.2, 0) is 25.4 Å². The molecule has 1 aliphatic heterocycles. The zero-order valence-electron chi connectivity index (χ0n) is 16.3. The number of hydrogen-bond acceptors (Lipinski definition) is 4. The van der Waals surface area contributed by atoms with Gasteiger partial charge in [-0.1, -0.05) is 30.3 Å². The number of ether oxygens (including phenoxy) is 3. The first-order valence-corrected chi connectivity index (χ1v) is 9.43. The van der Waals surface area contributed by atoms with Crippen molar-refractivity contribution in [2.24, 2.45) is 0 Å². The number of hydrogen-bond donors (Lipinski definition) is 0. The highest BCUT2D eigenvalue weighted by Gasteiger charge is 2.35. The number of fused-ring (bicyclic) bond motifs is 2. The van der Waals surface area contributed by atoms with E-state index in [4.69, 9.17) is 14.2 Å². The largest absolute Gasteiger partial charge is 0.426 e. The molecule has 4 nitrogen and oxygen atoms in total. The van der Waals surface area contributed by atoms with E-state index in [1.807, 2.05) is 32.0 Å². The van der Waals surface area contributed by atoms with Crippen molar-refractivity contribution in [1.29, 1.82) is 0 Å². The molecule has 28 heavy (non-hydrogen) atoms. The zero-order chi connectivity index (χ0) is 19.9. The molecule has 0 aromatic heterocycles. The average Bonchev–Trinajstić information content (AvgIpc) is 2.92. The molecule has 0 bridgehead atoms. The maximum Gasteiger partial charge on any atom is 0.308 e. The predicted octanol–water partition coefficient (Wildman–Crippen LogP) is 4.70. The van der Waals surface area contributed by atoms with Crippen molar-refractivity contribution in [3.05, 3.63) is 70.5 Å². The van der Waals surface area contributed by atoms with Crippen molar-refractivity contribution >= 4 is 17.3 Å². The summed E-state index contributed by atoms with van der Waals surface area (Å²) in [5.74, 6) is -1.05. The molecule has 5 heteroatoms. The van der Waals surface area contributed by atoms with E-state index in [9.17, 15) is 9.18 Å². The molecule has 1 heterocycles. The molecule has 0 amide bonds. The van der Waals surface area contributed by atoms with E-state index in [0.29, 0.717) is 30.8 Å². The molecule has 4 rings (SSSR count). The Bertz CT molecular complexity index is 961. The summed E-state index contributed by atoms with van der Waals surface area (Å²) in [5, 5.41) is 0. The molecule has 2 aliphatic rings. The van der Waals surface area contributed by atoms with Gasteiger partial charge in [-0.3, -0.25) is 4.79 Å². The Balaban J connectivity index is 1.89. The summed E-state index contributed by atoms with van der Waals surface area (Å²) in [6, 6.07) is 12.6. The molecule has 2 aromatic carbocycles. The van der Waals surface area contributed by atoms with E-state index < -0.39 is 11.8 Å². The molecular weight excluding hydrogens is 359 g/mol. The highest BCUT2D eigenvalue weighted by atomic mass is 19.1. The van der Waals surface area contributed by atoms with Crippen molar-refractivity contribution in [3.8, 4) is 0 Å². The second-order valence-electron chi connectivity index (χ2n) is 7.69. The van der Waals surface area contributed by atoms with Gasteiger partial charge in [-0.25, -0.2) is 4.39 Å². The second kappa shape index (κ2) is 7.15. The molecule has 1 fully saturated rings.